The molecule has 5 heteroatoms. The van der Waals surface area contributed by atoms with Crippen LogP contribution in [0.4, 0.5) is 11.5 Å². The van der Waals surface area contributed by atoms with Crippen molar-refractivity contribution >= 4 is 11.5 Å². The maximum absolute atomic E-state index is 5.78. The van der Waals surface area contributed by atoms with Crippen molar-refractivity contribution in [1.29, 1.82) is 0 Å². The van der Waals surface area contributed by atoms with Crippen LogP contribution in [0.1, 0.15) is 12.8 Å². The van der Waals surface area contributed by atoms with E-state index in [-0.39, 0.29) is 0 Å². The number of nitrogen functional groups attached to an aromatic ring is 1. The lowest BCUT2D eigenvalue weighted by molar-refractivity contribution is 0.252. The summed E-state index contributed by atoms with van der Waals surface area (Å²) >= 11 is 0. The molecular formula is C13H22N4O. The first-order chi connectivity index (χ1) is 8.61. The number of hydrogen-bond acceptors (Lipinski definition) is 5. The Morgan fingerprint density at radius 3 is 2.67 bits per heavy atom. The van der Waals surface area contributed by atoms with Crippen LogP contribution < -0.4 is 15.4 Å². The zero-order valence-electron chi connectivity index (χ0n) is 11.4. The summed E-state index contributed by atoms with van der Waals surface area (Å²) < 4.78 is 5.17. The Bertz CT molecular complexity index is 402. The van der Waals surface area contributed by atoms with E-state index in [1.807, 2.05) is 12.1 Å². The van der Waals surface area contributed by atoms with E-state index in [1.165, 1.54) is 12.8 Å². The van der Waals surface area contributed by atoms with Crippen LogP contribution in [0.2, 0.25) is 0 Å². The second-order valence-corrected chi connectivity index (χ2v) is 4.91. The highest BCUT2D eigenvalue weighted by atomic mass is 16.5. The number of hydrogen-bond donors (Lipinski definition) is 1. The van der Waals surface area contributed by atoms with Gasteiger partial charge < -0.3 is 20.3 Å². The molecule has 2 heterocycles. The predicted octanol–water partition coefficient (Wildman–Crippen LogP) is 1.20. The average Bonchev–Trinajstić information content (AvgIpc) is 2.39. The summed E-state index contributed by atoms with van der Waals surface area (Å²) in [6.07, 6.45) is 2.34. The van der Waals surface area contributed by atoms with Crippen molar-refractivity contribution in [2.24, 2.45) is 0 Å². The van der Waals surface area contributed by atoms with Crippen molar-refractivity contribution in [1.82, 2.24) is 9.88 Å². The Morgan fingerprint density at radius 2 is 2.06 bits per heavy atom. The summed E-state index contributed by atoms with van der Waals surface area (Å²) in [6, 6.07) is 4.35. The molecule has 2 rings (SSSR count). The van der Waals surface area contributed by atoms with Gasteiger partial charge in [0.2, 0.25) is 5.88 Å². The number of aromatic nitrogens is 1. The van der Waals surface area contributed by atoms with Crippen LogP contribution in [-0.4, -0.2) is 50.2 Å². The van der Waals surface area contributed by atoms with Crippen LogP contribution in [-0.2, 0) is 0 Å². The largest absolute Gasteiger partial charge is 0.479 e. The van der Waals surface area contributed by atoms with Crippen LogP contribution in [0.15, 0.2) is 12.1 Å². The fourth-order valence-electron chi connectivity index (χ4n) is 2.37. The Hall–Kier alpha value is -1.49. The molecule has 0 amide bonds. The minimum atomic E-state index is 0.507. The van der Waals surface area contributed by atoms with Crippen molar-refractivity contribution in [3.8, 4) is 5.88 Å². The predicted molar refractivity (Wildman–Crippen MR) is 74.1 cm³/mol. The lowest BCUT2D eigenvalue weighted by Crippen LogP contribution is -2.42. The van der Waals surface area contributed by atoms with E-state index in [0.717, 1.165) is 18.9 Å². The van der Waals surface area contributed by atoms with Gasteiger partial charge in [-0.15, -0.1) is 0 Å². The fourth-order valence-corrected chi connectivity index (χ4v) is 2.37. The summed E-state index contributed by atoms with van der Waals surface area (Å²) in [7, 11) is 5.85. The fraction of sp³-hybridized carbons (Fsp3) is 0.615. The third-order valence-corrected chi connectivity index (χ3v) is 3.67. The smallest absolute Gasteiger partial charge is 0.238 e. The molecule has 18 heavy (non-hydrogen) atoms. The summed E-state index contributed by atoms with van der Waals surface area (Å²) in [5.41, 5.74) is 6.37. The molecule has 0 unspecified atom stereocenters. The van der Waals surface area contributed by atoms with Gasteiger partial charge in [0.1, 0.15) is 5.82 Å². The molecule has 1 aromatic rings. The lowest BCUT2D eigenvalue weighted by atomic mass is 10.0. The van der Waals surface area contributed by atoms with E-state index in [9.17, 15) is 0 Å². The highest BCUT2D eigenvalue weighted by Crippen LogP contribution is 2.25. The molecular weight excluding hydrogens is 228 g/mol. The molecule has 0 aliphatic carbocycles. The summed E-state index contributed by atoms with van der Waals surface area (Å²) in [5.74, 6) is 1.43. The topological polar surface area (TPSA) is 54.6 Å². The molecule has 0 radical (unpaired) electrons. The molecule has 1 fully saturated rings. The first-order valence-corrected chi connectivity index (χ1v) is 6.33. The molecule has 0 spiro atoms. The molecule has 1 aliphatic rings. The molecule has 1 aliphatic heterocycles. The Morgan fingerprint density at radius 1 is 1.39 bits per heavy atom. The van der Waals surface area contributed by atoms with Gasteiger partial charge in [-0.05, 0) is 45.1 Å². The zero-order valence-corrected chi connectivity index (χ0v) is 11.4. The lowest BCUT2D eigenvalue weighted by Gasteiger charge is -2.35. The normalized spacial score (nSPS) is 17.7. The number of nitrogens with two attached hydrogens (primary N) is 1. The molecule has 2 N–H and O–H groups in total. The van der Waals surface area contributed by atoms with Gasteiger partial charge in [0.15, 0.2) is 0 Å². The molecule has 0 bridgehead atoms. The molecule has 0 aromatic carbocycles. The van der Waals surface area contributed by atoms with Gasteiger partial charge in [0.25, 0.3) is 0 Å². The maximum atomic E-state index is 5.78. The van der Waals surface area contributed by atoms with Crippen LogP contribution in [0.5, 0.6) is 5.88 Å². The van der Waals surface area contributed by atoms with Gasteiger partial charge in [0, 0.05) is 13.1 Å². The molecule has 0 saturated carbocycles. The van der Waals surface area contributed by atoms with E-state index in [0.29, 0.717) is 17.6 Å². The van der Waals surface area contributed by atoms with Gasteiger partial charge in [-0.1, -0.05) is 0 Å². The molecule has 100 valence electrons. The quantitative estimate of drug-likeness (QED) is 0.873. The van der Waals surface area contributed by atoms with Gasteiger partial charge >= 0.3 is 0 Å². The van der Waals surface area contributed by atoms with E-state index in [4.69, 9.17) is 10.5 Å². The molecule has 1 aromatic heterocycles. The highest BCUT2D eigenvalue weighted by molar-refractivity contribution is 5.54. The number of ether oxygens (including phenoxy) is 1. The van der Waals surface area contributed by atoms with Crippen LogP contribution in [0, 0.1) is 0 Å². The highest BCUT2D eigenvalue weighted by Gasteiger charge is 2.21. The Kier molecular flexibility index (Phi) is 3.91. The standard InChI is InChI=1S/C13H22N4O/c1-16-8-6-10(7-9-16)17(2)12-5-4-11(14)13(15-12)18-3/h4-5,10H,6-9,14H2,1-3H3. The number of anilines is 2. The van der Waals surface area contributed by atoms with Crippen LogP contribution >= 0.6 is 0 Å². The van der Waals surface area contributed by atoms with Crippen molar-refractivity contribution < 1.29 is 4.74 Å². The second kappa shape index (κ2) is 5.44. The Labute approximate surface area is 109 Å². The van der Waals surface area contributed by atoms with Gasteiger partial charge in [-0.3, -0.25) is 0 Å². The summed E-state index contributed by atoms with van der Waals surface area (Å²) in [6.45, 7) is 2.28. The van der Waals surface area contributed by atoms with E-state index >= 15 is 0 Å². The Balaban J connectivity index is 2.10. The first-order valence-electron chi connectivity index (χ1n) is 6.33. The third-order valence-electron chi connectivity index (χ3n) is 3.67. The summed E-state index contributed by atoms with van der Waals surface area (Å²) in [5, 5.41) is 0. The van der Waals surface area contributed by atoms with Crippen LogP contribution in [0.3, 0.4) is 0 Å². The maximum Gasteiger partial charge on any atom is 0.238 e. The van der Waals surface area contributed by atoms with Gasteiger partial charge in [-0.2, -0.15) is 4.98 Å². The number of rotatable bonds is 3. The average molecular weight is 250 g/mol. The van der Waals surface area contributed by atoms with Gasteiger partial charge in [0.05, 0.1) is 12.8 Å². The van der Waals surface area contributed by atoms with E-state index in [2.05, 4.69) is 28.9 Å². The molecule has 0 atom stereocenters. The van der Waals surface area contributed by atoms with Crippen molar-refractivity contribution in [2.75, 3.05) is 44.9 Å². The third kappa shape index (κ3) is 2.67. The van der Waals surface area contributed by atoms with E-state index < -0.39 is 0 Å². The molecule has 5 nitrogen and oxygen atoms in total. The second-order valence-electron chi connectivity index (χ2n) is 4.91. The van der Waals surface area contributed by atoms with Gasteiger partial charge in [-0.25, -0.2) is 0 Å². The number of piperidine rings is 1. The van der Waals surface area contributed by atoms with Crippen molar-refractivity contribution in [3.63, 3.8) is 0 Å². The SMILES string of the molecule is COc1nc(N(C)C2CCN(C)CC2)ccc1N. The minimum Gasteiger partial charge on any atom is -0.479 e. The first kappa shape index (κ1) is 13.0. The number of methoxy groups -OCH3 is 1. The van der Waals surface area contributed by atoms with Crippen molar-refractivity contribution in [2.45, 2.75) is 18.9 Å². The number of likely N-dealkylation sites (tertiary alicyclic amines) is 1. The zero-order chi connectivity index (χ0) is 13.1. The van der Waals surface area contributed by atoms with Crippen molar-refractivity contribution in [3.05, 3.63) is 12.1 Å². The number of pyridine rings is 1. The number of nitrogens with zero attached hydrogens (tertiary/aromatic N) is 3. The monoisotopic (exact) mass is 250 g/mol. The summed E-state index contributed by atoms with van der Waals surface area (Å²) in [4.78, 5) is 9.04. The van der Waals surface area contributed by atoms with Crippen LogP contribution in [0.25, 0.3) is 0 Å². The van der Waals surface area contributed by atoms with E-state index in [1.54, 1.807) is 7.11 Å². The molecule has 1 saturated heterocycles. The minimum absolute atomic E-state index is 0.507.